The lowest BCUT2D eigenvalue weighted by molar-refractivity contribution is -0.119. The largest absolute Gasteiger partial charge is 0.324 e. The number of tetrazole rings is 1. The highest BCUT2D eigenvalue weighted by Gasteiger charge is 2.20. The first kappa shape index (κ1) is 19.0. The third kappa shape index (κ3) is 4.09. The molecule has 1 N–H and O–H groups in total. The Morgan fingerprint density at radius 2 is 1.59 bits per heavy atom. The Bertz CT molecular complexity index is 1140. The van der Waals surface area contributed by atoms with Gasteiger partial charge in [-0.3, -0.25) is 4.79 Å². The SMILES string of the molecule is C[C@@H](C(=O)Nc1ccccc1-c1ccccc1)n1nnc(-c2ccccc2Br)n1. The molecule has 0 bridgehead atoms. The monoisotopic (exact) mass is 447 g/mol. The van der Waals surface area contributed by atoms with Crippen molar-refractivity contribution in [3.63, 3.8) is 0 Å². The van der Waals surface area contributed by atoms with Crippen molar-refractivity contribution in [3.8, 4) is 22.5 Å². The minimum absolute atomic E-state index is 0.218. The first-order chi connectivity index (χ1) is 14.1. The van der Waals surface area contributed by atoms with Crippen LogP contribution in [0.25, 0.3) is 22.5 Å². The number of aromatic nitrogens is 4. The Morgan fingerprint density at radius 1 is 0.931 bits per heavy atom. The standard InChI is InChI=1S/C22H18BrN5O/c1-15(28-26-21(25-27-28)18-12-5-7-13-19(18)23)22(29)24-20-14-8-6-11-17(20)16-9-3-2-4-10-16/h2-15H,1H3,(H,24,29)/t15-/m0/s1. The molecule has 1 aromatic heterocycles. The Morgan fingerprint density at radius 3 is 2.34 bits per heavy atom. The van der Waals surface area contributed by atoms with Gasteiger partial charge in [0.05, 0.1) is 0 Å². The van der Waals surface area contributed by atoms with Gasteiger partial charge in [-0.2, -0.15) is 4.80 Å². The summed E-state index contributed by atoms with van der Waals surface area (Å²) in [6.07, 6.45) is 0. The van der Waals surface area contributed by atoms with Gasteiger partial charge in [-0.1, -0.05) is 76.6 Å². The number of halogens is 1. The van der Waals surface area contributed by atoms with Crippen molar-refractivity contribution in [2.24, 2.45) is 0 Å². The molecule has 1 atom stereocenters. The minimum atomic E-state index is -0.623. The van der Waals surface area contributed by atoms with Crippen LogP contribution in [-0.4, -0.2) is 26.1 Å². The van der Waals surface area contributed by atoms with Gasteiger partial charge >= 0.3 is 0 Å². The van der Waals surface area contributed by atoms with Gasteiger partial charge in [0.1, 0.15) is 6.04 Å². The van der Waals surface area contributed by atoms with Gasteiger partial charge in [0.2, 0.25) is 5.82 Å². The van der Waals surface area contributed by atoms with Crippen molar-refractivity contribution < 1.29 is 4.79 Å². The summed E-state index contributed by atoms with van der Waals surface area (Å²) in [5.74, 6) is 0.242. The number of hydrogen-bond acceptors (Lipinski definition) is 4. The molecule has 0 saturated heterocycles. The molecule has 7 heteroatoms. The molecule has 3 aromatic carbocycles. The molecule has 0 fully saturated rings. The van der Waals surface area contributed by atoms with E-state index in [0.29, 0.717) is 5.82 Å². The molecule has 0 unspecified atom stereocenters. The molecule has 6 nitrogen and oxygen atoms in total. The van der Waals surface area contributed by atoms with Crippen molar-refractivity contribution in [1.29, 1.82) is 0 Å². The molecule has 0 spiro atoms. The van der Waals surface area contributed by atoms with E-state index in [1.54, 1.807) is 6.92 Å². The van der Waals surface area contributed by atoms with Gasteiger partial charge in [0.15, 0.2) is 0 Å². The fourth-order valence-electron chi connectivity index (χ4n) is 2.94. The van der Waals surface area contributed by atoms with E-state index in [4.69, 9.17) is 0 Å². The molecular weight excluding hydrogens is 430 g/mol. The van der Waals surface area contributed by atoms with E-state index < -0.39 is 6.04 Å². The summed E-state index contributed by atoms with van der Waals surface area (Å²) in [5, 5.41) is 15.5. The van der Waals surface area contributed by atoms with E-state index in [9.17, 15) is 4.79 Å². The molecule has 0 radical (unpaired) electrons. The van der Waals surface area contributed by atoms with Gasteiger partial charge in [0.25, 0.3) is 5.91 Å². The fraction of sp³-hybridized carbons (Fsp3) is 0.0909. The number of carbonyl (C=O) groups excluding carboxylic acids is 1. The summed E-state index contributed by atoms with van der Waals surface area (Å²) in [6, 6.07) is 24.6. The van der Waals surface area contributed by atoms with Crippen LogP contribution in [0.15, 0.2) is 83.3 Å². The fourth-order valence-corrected chi connectivity index (χ4v) is 3.41. The summed E-state index contributed by atoms with van der Waals surface area (Å²) in [7, 11) is 0. The van der Waals surface area contributed by atoms with E-state index in [0.717, 1.165) is 26.9 Å². The average molecular weight is 448 g/mol. The normalized spacial score (nSPS) is 11.8. The summed E-state index contributed by atoms with van der Waals surface area (Å²) >= 11 is 3.49. The van der Waals surface area contributed by atoms with Crippen molar-refractivity contribution in [2.75, 3.05) is 5.32 Å². The maximum absolute atomic E-state index is 12.9. The summed E-state index contributed by atoms with van der Waals surface area (Å²) in [5.41, 5.74) is 3.54. The van der Waals surface area contributed by atoms with Crippen LogP contribution in [0, 0.1) is 0 Å². The van der Waals surface area contributed by atoms with Crippen molar-refractivity contribution in [2.45, 2.75) is 13.0 Å². The Balaban J connectivity index is 1.55. The minimum Gasteiger partial charge on any atom is -0.324 e. The lowest BCUT2D eigenvalue weighted by Gasteiger charge is -2.14. The molecule has 0 aliphatic heterocycles. The van der Waals surface area contributed by atoms with Gasteiger partial charge in [-0.25, -0.2) is 0 Å². The molecule has 1 amide bonds. The summed E-state index contributed by atoms with van der Waals surface area (Å²) < 4.78 is 0.869. The molecular formula is C22H18BrN5O. The number of anilines is 1. The predicted molar refractivity (Wildman–Crippen MR) is 116 cm³/mol. The lowest BCUT2D eigenvalue weighted by atomic mass is 10.0. The molecule has 144 valence electrons. The second kappa shape index (κ2) is 8.36. The number of benzene rings is 3. The summed E-state index contributed by atoms with van der Waals surface area (Å²) in [6.45, 7) is 1.74. The molecule has 4 aromatic rings. The van der Waals surface area contributed by atoms with Crippen molar-refractivity contribution in [1.82, 2.24) is 20.2 Å². The van der Waals surface area contributed by atoms with Gasteiger partial charge in [-0.15, -0.1) is 10.2 Å². The van der Waals surface area contributed by atoms with E-state index in [2.05, 4.69) is 36.7 Å². The smallest absolute Gasteiger partial charge is 0.250 e. The zero-order chi connectivity index (χ0) is 20.2. The van der Waals surface area contributed by atoms with Crippen molar-refractivity contribution >= 4 is 27.5 Å². The first-order valence-electron chi connectivity index (χ1n) is 9.13. The van der Waals surface area contributed by atoms with Crippen LogP contribution in [0.4, 0.5) is 5.69 Å². The second-order valence-corrected chi connectivity index (χ2v) is 7.34. The highest BCUT2D eigenvalue weighted by atomic mass is 79.9. The van der Waals surface area contributed by atoms with Crippen molar-refractivity contribution in [3.05, 3.63) is 83.3 Å². The lowest BCUT2D eigenvalue weighted by Crippen LogP contribution is -2.25. The topological polar surface area (TPSA) is 72.7 Å². The first-order valence-corrected chi connectivity index (χ1v) is 9.92. The van der Waals surface area contributed by atoms with Crippen LogP contribution in [0.3, 0.4) is 0 Å². The molecule has 0 saturated carbocycles. The van der Waals surface area contributed by atoms with Gasteiger partial charge < -0.3 is 5.32 Å². The molecule has 4 rings (SSSR count). The maximum Gasteiger partial charge on any atom is 0.250 e. The van der Waals surface area contributed by atoms with Gasteiger partial charge in [-0.05, 0) is 35.9 Å². The van der Waals surface area contributed by atoms with Gasteiger partial charge in [0, 0.05) is 21.3 Å². The van der Waals surface area contributed by atoms with Crippen LogP contribution in [-0.2, 0) is 4.79 Å². The number of amides is 1. The molecule has 0 aliphatic rings. The van der Waals surface area contributed by atoms with Crippen LogP contribution < -0.4 is 5.32 Å². The van der Waals surface area contributed by atoms with E-state index in [1.165, 1.54) is 4.80 Å². The Kier molecular flexibility index (Phi) is 5.48. The zero-order valence-electron chi connectivity index (χ0n) is 15.7. The quantitative estimate of drug-likeness (QED) is 0.468. The summed E-state index contributed by atoms with van der Waals surface area (Å²) in [4.78, 5) is 14.2. The highest BCUT2D eigenvalue weighted by molar-refractivity contribution is 9.10. The van der Waals surface area contributed by atoms with Crippen LogP contribution >= 0.6 is 15.9 Å². The van der Waals surface area contributed by atoms with Crippen LogP contribution in [0.5, 0.6) is 0 Å². The van der Waals surface area contributed by atoms with E-state index in [-0.39, 0.29) is 5.91 Å². The Hall–Kier alpha value is -3.32. The molecule has 0 aliphatic carbocycles. The molecule has 29 heavy (non-hydrogen) atoms. The predicted octanol–water partition coefficient (Wildman–Crippen LogP) is 4.97. The third-order valence-electron chi connectivity index (χ3n) is 4.54. The van der Waals surface area contributed by atoms with Crippen LogP contribution in [0.2, 0.25) is 0 Å². The third-order valence-corrected chi connectivity index (χ3v) is 5.23. The second-order valence-electron chi connectivity index (χ2n) is 6.49. The number of hydrogen-bond donors (Lipinski definition) is 1. The number of nitrogens with zero attached hydrogens (tertiary/aromatic N) is 4. The number of rotatable bonds is 5. The maximum atomic E-state index is 12.9. The van der Waals surface area contributed by atoms with Crippen LogP contribution in [0.1, 0.15) is 13.0 Å². The van der Waals surface area contributed by atoms with E-state index >= 15 is 0 Å². The number of carbonyl (C=O) groups is 1. The average Bonchev–Trinajstić information content (AvgIpc) is 3.24. The highest BCUT2D eigenvalue weighted by Crippen LogP contribution is 2.28. The van der Waals surface area contributed by atoms with E-state index in [1.807, 2.05) is 78.9 Å². The number of nitrogens with one attached hydrogen (secondary N) is 1. The Labute approximate surface area is 176 Å². The zero-order valence-corrected chi connectivity index (χ0v) is 17.2. The molecule has 1 heterocycles. The number of para-hydroxylation sites is 1.